The highest BCUT2D eigenvalue weighted by molar-refractivity contribution is 7.89. The Bertz CT molecular complexity index is 726. The number of halogens is 1. The molecule has 1 amide bonds. The van der Waals surface area contributed by atoms with Crippen molar-refractivity contribution in [3.05, 3.63) is 28.8 Å². The van der Waals surface area contributed by atoms with Crippen LogP contribution in [0.4, 0.5) is 0 Å². The van der Waals surface area contributed by atoms with Crippen LogP contribution in [0.3, 0.4) is 0 Å². The monoisotopic (exact) mass is 372 g/mol. The Labute approximate surface area is 149 Å². The SMILES string of the molecule is Cc1ccc(S(=O)(=O)N2CCCN(C(=O)C(C)(C)C)CC2)cc1Cl. The van der Waals surface area contributed by atoms with Crippen LogP contribution < -0.4 is 0 Å². The quantitative estimate of drug-likeness (QED) is 0.802. The van der Waals surface area contributed by atoms with Crippen molar-refractivity contribution in [3.63, 3.8) is 0 Å². The number of benzene rings is 1. The van der Waals surface area contributed by atoms with E-state index in [1.54, 1.807) is 17.0 Å². The zero-order valence-corrected chi connectivity index (χ0v) is 16.2. The summed E-state index contributed by atoms with van der Waals surface area (Å²) < 4.78 is 27.1. The van der Waals surface area contributed by atoms with Gasteiger partial charge in [0.2, 0.25) is 15.9 Å². The molecule has 1 heterocycles. The third-order valence-electron chi connectivity index (χ3n) is 4.16. The molecule has 0 aliphatic carbocycles. The minimum Gasteiger partial charge on any atom is -0.341 e. The Morgan fingerprint density at radius 2 is 1.79 bits per heavy atom. The lowest BCUT2D eigenvalue weighted by molar-refractivity contribution is -0.139. The molecule has 1 aliphatic heterocycles. The van der Waals surface area contributed by atoms with Gasteiger partial charge in [-0.25, -0.2) is 8.42 Å². The standard InChI is InChI=1S/C17H25ClN2O3S/c1-13-6-7-14(12-15(13)18)24(22,23)20-9-5-8-19(10-11-20)16(21)17(2,3)4/h6-7,12H,5,8-11H2,1-4H3. The molecule has 0 N–H and O–H groups in total. The van der Waals surface area contributed by atoms with Gasteiger partial charge in [-0.1, -0.05) is 38.4 Å². The Morgan fingerprint density at radius 1 is 1.12 bits per heavy atom. The van der Waals surface area contributed by atoms with Crippen LogP contribution in [0.5, 0.6) is 0 Å². The van der Waals surface area contributed by atoms with Crippen LogP contribution in [0, 0.1) is 12.3 Å². The summed E-state index contributed by atoms with van der Waals surface area (Å²) in [5, 5.41) is 0.440. The van der Waals surface area contributed by atoms with E-state index in [9.17, 15) is 13.2 Å². The number of sulfonamides is 1. The van der Waals surface area contributed by atoms with Gasteiger partial charge in [-0.3, -0.25) is 4.79 Å². The van der Waals surface area contributed by atoms with Crippen molar-refractivity contribution in [2.45, 2.75) is 39.0 Å². The minimum atomic E-state index is -3.60. The predicted octanol–water partition coefficient (Wildman–Crippen LogP) is 2.92. The van der Waals surface area contributed by atoms with Crippen molar-refractivity contribution in [2.24, 2.45) is 5.41 Å². The first-order valence-corrected chi connectivity index (χ1v) is 9.91. The molecule has 0 unspecified atom stereocenters. The van der Waals surface area contributed by atoms with E-state index in [0.29, 0.717) is 37.6 Å². The van der Waals surface area contributed by atoms with E-state index in [1.165, 1.54) is 10.4 Å². The molecule has 1 saturated heterocycles. The smallest absolute Gasteiger partial charge is 0.243 e. The van der Waals surface area contributed by atoms with Crippen LogP contribution in [0.1, 0.15) is 32.8 Å². The highest BCUT2D eigenvalue weighted by Gasteiger charge is 2.32. The molecule has 0 atom stereocenters. The fourth-order valence-corrected chi connectivity index (χ4v) is 4.44. The third kappa shape index (κ3) is 4.10. The minimum absolute atomic E-state index is 0.0557. The Balaban J connectivity index is 2.18. The van der Waals surface area contributed by atoms with Crippen LogP contribution in [-0.2, 0) is 14.8 Å². The van der Waals surface area contributed by atoms with Gasteiger partial charge in [0, 0.05) is 36.6 Å². The lowest BCUT2D eigenvalue weighted by Gasteiger charge is -2.28. The summed E-state index contributed by atoms with van der Waals surface area (Å²) in [5.74, 6) is 0.0557. The summed E-state index contributed by atoms with van der Waals surface area (Å²) in [6, 6.07) is 4.79. The fraction of sp³-hybridized carbons (Fsp3) is 0.588. The molecule has 24 heavy (non-hydrogen) atoms. The third-order valence-corrected chi connectivity index (χ3v) is 6.47. The first-order chi connectivity index (χ1) is 11.0. The average molecular weight is 373 g/mol. The van der Waals surface area contributed by atoms with Gasteiger partial charge >= 0.3 is 0 Å². The van der Waals surface area contributed by atoms with Gasteiger partial charge in [-0.15, -0.1) is 0 Å². The van der Waals surface area contributed by atoms with Crippen LogP contribution in [0.25, 0.3) is 0 Å². The second kappa shape index (κ2) is 7.02. The van der Waals surface area contributed by atoms with Crippen molar-refractivity contribution < 1.29 is 13.2 Å². The number of carbonyl (C=O) groups is 1. The van der Waals surface area contributed by atoms with E-state index in [4.69, 9.17) is 11.6 Å². The molecule has 134 valence electrons. The summed E-state index contributed by atoms with van der Waals surface area (Å²) in [6.45, 7) is 9.17. The highest BCUT2D eigenvalue weighted by atomic mass is 35.5. The average Bonchev–Trinajstić information content (AvgIpc) is 2.74. The summed E-state index contributed by atoms with van der Waals surface area (Å²) in [6.07, 6.45) is 0.626. The molecule has 0 aromatic heterocycles. The van der Waals surface area contributed by atoms with E-state index in [0.717, 1.165) is 5.56 Å². The van der Waals surface area contributed by atoms with Crippen LogP contribution >= 0.6 is 11.6 Å². The number of hydrogen-bond acceptors (Lipinski definition) is 3. The molecular formula is C17H25ClN2O3S. The number of rotatable bonds is 2. The van der Waals surface area contributed by atoms with Gasteiger partial charge in [-0.2, -0.15) is 4.31 Å². The van der Waals surface area contributed by atoms with Gasteiger partial charge in [0.1, 0.15) is 0 Å². The number of nitrogens with zero attached hydrogens (tertiary/aromatic N) is 2. The van der Waals surface area contributed by atoms with Gasteiger partial charge in [-0.05, 0) is 31.0 Å². The number of aryl methyl sites for hydroxylation is 1. The molecular weight excluding hydrogens is 348 g/mol. The summed E-state index contributed by atoms with van der Waals surface area (Å²) in [7, 11) is -3.60. The van der Waals surface area contributed by atoms with Crippen molar-refractivity contribution in [1.82, 2.24) is 9.21 Å². The molecule has 1 aromatic rings. The van der Waals surface area contributed by atoms with Gasteiger partial charge in [0.15, 0.2) is 0 Å². The van der Waals surface area contributed by atoms with Gasteiger partial charge in [0.05, 0.1) is 4.90 Å². The van der Waals surface area contributed by atoms with E-state index in [2.05, 4.69) is 0 Å². The molecule has 1 fully saturated rings. The maximum atomic E-state index is 12.8. The molecule has 1 aliphatic rings. The van der Waals surface area contributed by atoms with Crippen molar-refractivity contribution in [3.8, 4) is 0 Å². The lowest BCUT2D eigenvalue weighted by Crippen LogP contribution is -2.42. The molecule has 5 nitrogen and oxygen atoms in total. The summed E-state index contributed by atoms with van der Waals surface area (Å²) in [5.41, 5.74) is 0.381. The molecule has 0 radical (unpaired) electrons. The topological polar surface area (TPSA) is 57.7 Å². The number of amides is 1. The summed E-state index contributed by atoms with van der Waals surface area (Å²) in [4.78, 5) is 14.4. The van der Waals surface area contributed by atoms with Crippen molar-refractivity contribution in [2.75, 3.05) is 26.2 Å². The first-order valence-electron chi connectivity index (χ1n) is 8.09. The molecule has 1 aromatic carbocycles. The van der Waals surface area contributed by atoms with Crippen LogP contribution in [0.15, 0.2) is 23.1 Å². The molecule has 0 saturated carbocycles. The Morgan fingerprint density at radius 3 is 2.38 bits per heavy atom. The van der Waals surface area contributed by atoms with Crippen molar-refractivity contribution in [1.29, 1.82) is 0 Å². The Hall–Kier alpha value is -1.11. The van der Waals surface area contributed by atoms with Gasteiger partial charge < -0.3 is 4.90 Å². The lowest BCUT2D eigenvalue weighted by atomic mass is 9.94. The number of hydrogen-bond donors (Lipinski definition) is 0. The highest BCUT2D eigenvalue weighted by Crippen LogP contribution is 2.24. The largest absolute Gasteiger partial charge is 0.341 e. The summed E-state index contributed by atoms with van der Waals surface area (Å²) >= 11 is 6.07. The fourth-order valence-electron chi connectivity index (χ4n) is 2.69. The maximum Gasteiger partial charge on any atom is 0.243 e. The first kappa shape index (κ1) is 19.2. The van der Waals surface area contributed by atoms with E-state index in [1.807, 2.05) is 27.7 Å². The van der Waals surface area contributed by atoms with Crippen molar-refractivity contribution >= 4 is 27.5 Å². The zero-order chi connectivity index (χ0) is 18.1. The molecule has 0 spiro atoms. The zero-order valence-electron chi connectivity index (χ0n) is 14.7. The molecule has 2 rings (SSSR count). The normalized spacial score (nSPS) is 17.6. The second-order valence-electron chi connectivity index (χ2n) is 7.21. The van der Waals surface area contributed by atoms with E-state index >= 15 is 0 Å². The van der Waals surface area contributed by atoms with E-state index < -0.39 is 15.4 Å². The van der Waals surface area contributed by atoms with Crippen LogP contribution in [0.2, 0.25) is 5.02 Å². The Kier molecular flexibility index (Phi) is 5.62. The van der Waals surface area contributed by atoms with Crippen LogP contribution in [-0.4, -0.2) is 49.7 Å². The second-order valence-corrected chi connectivity index (χ2v) is 9.56. The number of carbonyl (C=O) groups excluding carboxylic acids is 1. The maximum absolute atomic E-state index is 12.8. The predicted molar refractivity (Wildman–Crippen MR) is 95.6 cm³/mol. The van der Waals surface area contributed by atoms with E-state index in [-0.39, 0.29) is 10.8 Å². The molecule has 0 bridgehead atoms. The van der Waals surface area contributed by atoms with Gasteiger partial charge in [0.25, 0.3) is 0 Å². The molecule has 7 heteroatoms.